The lowest BCUT2D eigenvalue weighted by molar-refractivity contribution is 0.433. The van der Waals surface area contributed by atoms with E-state index in [2.05, 4.69) is 5.16 Å². The van der Waals surface area contributed by atoms with Crippen LogP contribution in [0.5, 0.6) is 0 Å². The Morgan fingerprint density at radius 3 is 1.89 bits per heavy atom. The highest BCUT2D eigenvalue weighted by molar-refractivity contribution is 7.91. The van der Waals surface area contributed by atoms with Gasteiger partial charge in [-0.2, -0.15) is 0 Å². The topological polar surface area (TPSA) is 60.2 Å². The summed E-state index contributed by atoms with van der Waals surface area (Å²) in [5.41, 5.74) is 2.66. The van der Waals surface area contributed by atoms with Gasteiger partial charge in [-0.05, 0) is 19.1 Å². The summed E-state index contributed by atoms with van der Waals surface area (Å²) >= 11 is 0. The molecule has 0 aliphatic carbocycles. The van der Waals surface area contributed by atoms with Crippen molar-refractivity contribution >= 4 is 9.84 Å². The largest absolute Gasteiger partial charge is 0.354 e. The fourth-order valence-electron chi connectivity index (χ4n) is 2.92. The van der Waals surface area contributed by atoms with Crippen molar-refractivity contribution in [1.29, 1.82) is 0 Å². The van der Waals surface area contributed by atoms with Crippen LogP contribution in [0.1, 0.15) is 5.56 Å². The number of hydrogen-bond donors (Lipinski definition) is 0. The second-order valence-electron chi connectivity index (χ2n) is 6.24. The van der Waals surface area contributed by atoms with Gasteiger partial charge in [0.25, 0.3) is 0 Å². The maximum Gasteiger partial charge on any atom is 0.212 e. The molecule has 0 saturated heterocycles. The van der Waals surface area contributed by atoms with E-state index in [0.29, 0.717) is 16.8 Å². The van der Waals surface area contributed by atoms with Crippen LogP contribution in [0, 0.1) is 6.92 Å². The van der Waals surface area contributed by atoms with E-state index in [0.717, 1.165) is 5.56 Å². The van der Waals surface area contributed by atoms with E-state index in [9.17, 15) is 8.42 Å². The lowest BCUT2D eigenvalue weighted by Crippen LogP contribution is -2.04. The van der Waals surface area contributed by atoms with Gasteiger partial charge in [-0.25, -0.2) is 8.42 Å². The fourth-order valence-corrected chi connectivity index (χ4v) is 4.46. The van der Waals surface area contributed by atoms with Crippen molar-refractivity contribution in [3.8, 4) is 22.6 Å². The van der Waals surface area contributed by atoms with Crippen molar-refractivity contribution in [3.05, 3.63) is 90.5 Å². The summed E-state index contributed by atoms with van der Waals surface area (Å²) in [5, 5.41) is 4.12. The lowest BCUT2D eigenvalue weighted by Gasteiger charge is -2.07. The molecule has 0 amide bonds. The average molecular weight is 375 g/mol. The number of sulfone groups is 1. The number of nitrogens with zero attached hydrogens (tertiary/aromatic N) is 1. The van der Waals surface area contributed by atoms with E-state index in [1.165, 1.54) is 0 Å². The van der Waals surface area contributed by atoms with Gasteiger partial charge in [0.2, 0.25) is 9.84 Å². The third-order valence-corrected chi connectivity index (χ3v) is 6.14. The monoisotopic (exact) mass is 375 g/mol. The molecule has 1 heterocycles. The molecule has 4 aromatic rings. The van der Waals surface area contributed by atoms with Crippen molar-refractivity contribution in [2.75, 3.05) is 0 Å². The van der Waals surface area contributed by atoms with Gasteiger partial charge >= 0.3 is 0 Å². The molecule has 5 heteroatoms. The first-order valence-corrected chi connectivity index (χ1v) is 9.98. The van der Waals surface area contributed by atoms with Crippen LogP contribution in [0.4, 0.5) is 0 Å². The maximum absolute atomic E-state index is 13.5. The second kappa shape index (κ2) is 6.85. The molecule has 134 valence electrons. The Morgan fingerprint density at radius 2 is 1.30 bits per heavy atom. The van der Waals surface area contributed by atoms with Crippen LogP contribution in [-0.4, -0.2) is 13.6 Å². The number of hydrogen-bond acceptors (Lipinski definition) is 4. The SMILES string of the molecule is Cc1ccc(S(=O)(=O)c2c(-c3ccccc3)noc2-c2ccccc2)cc1. The van der Waals surface area contributed by atoms with Crippen molar-refractivity contribution in [1.82, 2.24) is 5.16 Å². The second-order valence-corrected chi connectivity index (χ2v) is 8.12. The number of aryl methyl sites for hydroxylation is 1. The third kappa shape index (κ3) is 3.17. The molecule has 0 unspecified atom stereocenters. The zero-order chi connectivity index (χ0) is 18.9. The van der Waals surface area contributed by atoms with Crippen LogP contribution in [0.15, 0.2) is 99.2 Å². The van der Waals surface area contributed by atoms with Crippen molar-refractivity contribution in [3.63, 3.8) is 0 Å². The Balaban J connectivity index is 1.99. The molecule has 0 atom stereocenters. The molecule has 1 aromatic heterocycles. The highest BCUT2D eigenvalue weighted by Gasteiger charge is 2.31. The standard InChI is InChI=1S/C22H17NO3S/c1-16-12-14-19(15-13-16)27(24,25)22-20(17-8-4-2-5-9-17)23-26-21(22)18-10-6-3-7-11-18/h2-15H,1H3. The smallest absolute Gasteiger partial charge is 0.212 e. The number of rotatable bonds is 4. The van der Waals surface area contributed by atoms with Crippen molar-refractivity contribution in [2.45, 2.75) is 16.7 Å². The molecule has 4 nitrogen and oxygen atoms in total. The summed E-state index contributed by atoms with van der Waals surface area (Å²) in [5.74, 6) is 0.245. The molecule has 0 fully saturated rings. The third-order valence-electron chi connectivity index (χ3n) is 4.33. The molecular formula is C22H17NO3S. The molecule has 27 heavy (non-hydrogen) atoms. The molecule has 0 radical (unpaired) electrons. The van der Waals surface area contributed by atoms with Gasteiger partial charge in [-0.3, -0.25) is 0 Å². The van der Waals surface area contributed by atoms with Gasteiger partial charge in [0, 0.05) is 11.1 Å². The van der Waals surface area contributed by atoms with Gasteiger partial charge in [-0.15, -0.1) is 0 Å². The van der Waals surface area contributed by atoms with Gasteiger partial charge in [0.15, 0.2) is 5.76 Å². The Morgan fingerprint density at radius 1 is 0.741 bits per heavy atom. The summed E-state index contributed by atoms with van der Waals surface area (Å²) in [7, 11) is -3.83. The van der Waals surface area contributed by atoms with Crippen LogP contribution in [0.3, 0.4) is 0 Å². The normalized spacial score (nSPS) is 11.4. The fraction of sp³-hybridized carbons (Fsp3) is 0.0455. The van der Waals surface area contributed by atoms with E-state index < -0.39 is 9.84 Å². The first-order chi connectivity index (χ1) is 13.1. The molecular weight excluding hydrogens is 358 g/mol. The van der Waals surface area contributed by atoms with Crippen LogP contribution >= 0.6 is 0 Å². The average Bonchev–Trinajstić information content (AvgIpc) is 3.16. The first kappa shape index (κ1) is 17.2. The van der Waals surface area contributed by atoms with E-state index in [-0.39, 0.29) is 15.6 Å². The van der Waals surface area contributed by atoms with Crippen LogP contribution < -0.4 is 0 Å². The van der Waals surface area contributed by atoms with Gasteiger partial charge < -0.3 is 4.52 Å². The lowest BCUT2D eigenvalue weighted by atomic mass is 10.1. The quantitative estimate of drug-likeness (QED) is 0.495. The molecule has 3 aromatic carbocycles. The van der Waals surface area contributed by atoms with Crippen molar-refractivity contribution < 1.29 is 12.9 Å². The van der Waals surface area contributed by atoms with Gasteiger partial charge in [0.1, 0.15) is 10.6 Å². The zero-order valence-electron chi connectivity index (χ0n) is 14.7. The van der Waals surface area contributed by atoms with Crippen molar-refractivity contribution in [2.24, 2.45) is 0 Å². The molecule has 0 saturated carbocycles. The molecule has 0 aliphatic heterocycles. The Bertz CT molecular complexity index is 1110. The van der Waals surface area contributed by atoms with E-state index >= 15 is 0 Å². The van der Waals surface area contributed by atoms with Gasteiger partial charge in [-0.1, -0.05) is 83.5 Å². The summed E-state index contributed by atoms with van der Waals surface area (Å²) < 4.78 is 32.5. The summed E-state index contributed by atoms with van der Waals surface area (Å²) in [4.78, 5) is 0.300. The Kier molecular flexibility index (Phi) is 4.38. The maximum atomic E-state index is 13.5. The van der Waals surface area contributed by atoms with Crippen LogP contribution in [-0.2, 0) is 9.84 Å². The van der Waals surface area contributed by atoms with Crippen LogP contribution in [0.2, 0.25) is 0 Å². The van der Waals surface area contributed by atoms with Crippen LogP contribution in [0.25, 0.3) is 22.6 Å². The Labute approximate surface area is 158 Å². The summed E-state index contributed by atoms with van der Waals surface area (Å²) in [6, 6.07) is 25.1. The minimum atomic E-state index is -3.83. The minimum absolute atomic E-state index is 0.0868. The molecule has 0 N–H and O–H groups in total. The highest BCUT2D eigenvalue weighted by Crippen LogP contribution is 2.38. The predicted octanol–water partition coefficient (Wildman–Crippen LogP) is 5.15. The van der Waals surface area contributed by atoms with Gasteiger partial charge in [0.05, 0.1) is 4.90 Å². The van der Waals surface area contributed by atoms with E-state index in [1.54, 1.807) is 24.3 Å². The molecule has 0 spiro atoms. The highest BCUT2D eigenvalue weighted by atomic mass is 32.2. The minimum Gasteiger partial charge on any atom is -0.354 e. The zero-order valence-corrected chi connectivity index (χ0v) is 15.5. The van der Waals surface area contributed by atoms with E-state index in [4.69, 9.17) is 4.52 Å². The summed E-state index contributed by atoms with van der Waals surface area (Å²) in [6.45, 7) is 1.92. The van der Waals surface area contributed by atoms with E-state index in [1.807, 2.05) is 67.6 Å². The number of aromatic nitrogens is 1. The Hall–Kier alpha value is -3.18. The first-order valence-electron chi connectivity index (χ1n) is 8.49. The summed E-state index contributed by atoms with van der Waals surface area (Å²) in [6.07, 6.45) is 0. The molecule has 4 rings (SSSR count). The number of benzene rings is 3. The molecule has 0 aliphatic rings. The molecule has 0 bridgehead atoms. The predicted molar refractivity (Wildman–Crippen MR) is 104 cm³/mol.